The summed E-state index contributed by atoms with van der Waals surface area (Å²) in [6.45, 7) is 11.4. The molecule has 1 aliphatic heterocycles. The van der Waals surface area contributed by atoms with Crippen LogP contribution in [-0.4, -0.2) is 97.0 Å². The van der Waals surface area contributed by atoms with Crippen molar-refractivity contribution in [2.75, 3.05) is 6.61 Å². The van der Waals surface area contributed by atoms with Gasteiger partial charge in [0.1, 0.15) is 24.4 Å². The van der Waals surface area contributed by atoms with Crippen molar-refractivity contribution >= 4 is 0 Å². The van der Waals surface area contributed by atoms with Crippen LogP contribution in [0.3, 0.4) is 0 Å². The lowest BCUT2D eigenvalue weighted by atomic mass is 9.40. The molecular weight excluding hydrogens is 456 g/mol. The highest BCUT2D eigenvalue weighted by atomic mass is 16.7. The maximum Gasteiger partial charge on any atom is 0.186 e. The van der Waals surface area contributed by atoms with Gasteiger partial charge in [-0.05, 0) is 43.4 Å². The second-order valence-corrected chi connectivity index (χ2v) is 12.7. The van der Waals surface area contributed by atoms with E-state index in [4.69, 9.17) is 9.47 Å². The van der Waals surface area contributed by atoms with Crippen LogP contribution in [0.5, 0.6) is 0 Å². The third kappa shape index (κ3) is 3.94. The number of aliphatic hydroxyl groups is 7. The lowest BCUT2D eigenvalue weighted by Gasteiger charge is -2.68. The smallest absolute Gasteiger partial charge is 0.186 e. The molecule has 0 aromatic rings. The van der Waals surface area contributed by atoms with Crippen LogP contribution in [0.15, 0.2) is 12.7 Å². The van der Waals surface area contributed by atoms with Gasteiger partial charge in [0, 0.05) is 16.7 Å². The van der Waals surface area contributed by atoms with E-state index in [0.717, 1.165) is 6.42 Å². The zero-order chi connectivity index (χ0) is 26.1. The Hall–Kier alpha value is -0.620. The third-order valence-corrected chi connectivity index (χ3v) is 10.2. The fourth-order valence-corrected chi connectivity index (χ4v) is 8.30. The van der Waals surface area contributed by atoms with Gasteiger partial charge in [-0.3, -0.25) is 0 Å². The van der Waals surface area contributed by atoms with Crippen molar-refractivity contribution in [3.63, 3.8) is 0 Å². The fraction of sp³-hybridized carbons (Fsp3) is 0.923. The Bertz CT molecular complexity index is 804. The molecule has 0 bridgehead atoms. The Morgan fingerprint density at radius 1 is 0.971 bits per heavy atom. The predicted octanol–water partition coefficient (Wildman–Crippen LogP) is 0.0729. The number of hydrogen-bond donors (Lipinski definition) is 7. The van der Waals surface area contributed by atoms with Crippen molar-refractivity contribution in [2.24, 2.45) is 28.1 Å². The number of rotatable bonds is 4. The molecule has 0 aromatic heterocycles. The van der Waals surface area contributed by atoms with Crippen molar-refractivity contribution in [1.82, 2.24) is 0 Å². The summed E-state index contributed by atoms with van der Waals surface area (Å²) in [7, 11) is 0. The first-order valence-electron chi connectivity index (χ1n) is 12.9. The minimum absolute atomic E-state index is 0.0267. The number of aliphatic hydroxyl groups excluding tert-OH is 6. The average Bonchev–Trinajstić information content (AvgIpc) is 2.79. The second kappa shape index (κ2) is 8.99. The van der Waals surface area contributed by atoms with E-state index in [2.05, 4.69) is 20.4 Å². The molecule has 4 fully saturated rings. The van der Waals surface area contributed by atoms with E-state index in [9.17, 15) is 35.7 Å². The zero-order valence-electron chi connectivity index (χ0n) is 21.2. The van der Waals surface area contributed by atoms with Gasteiger partial charge < -0.3 is 45.2 Å². The van der Waals surface area contributed by atoms with Gasteiger partial charge in [0.15, 0.2) is 6.29 Å². The minimum atomic E-state index is -1.57. The van der Waals surface area contributed by atoms with Crippen LogP contribution in [0.25, 0.3) is 0 Å². The monoisotopic (exact) mass is 500 g/mol. The number of fused-ring (bicyclic) bond motifs is 3. The maximum atomic E-state index is 12.0. The molecule has 3 aliphatic carbocycles. The summed E-state index contributed by atoms with van der Waals surface area (Å²) in [5.41, 5.74) is -3.37. The second-order valence-electron chi connectivity index (χ2n) is 12.7. The molecule has 1 saturated heterocycles. The highest BCUT2D eigenvalue weighted by molar-refractivity contribution is 5.22. The first-order chi connectivity index (χ1) is 16.2. The summed E-state index contributed by atoms with van der Waals surface area (Å²) in [5, 5.41) is 75.5. The van der Waals surface area contributed by atoms with Crippen molar-refractivity contribution in [2.45, 2.75) is 114 Å². The molecular formula is C26H44O9. The first kappa shape index (κ1) is 27.4. The number of hydrogen-bond acceptors (Lipinski definition) is 9. The fourth-order valence-electron chi connectivity index (χ4n) is 8.30. The molecule has 3 saturated carbocycles. The van der Waals surface area contributed by atoms with Crippen molar-refractivity contribution < 1.29 is 45.2 Å². The largest absolute Gasteiger partial charge is 0.394 e. The molecule has 4 aliphatic rings. The molecule has 7 N–H and O–H groups in total. The van der Waals surface area contributed by atoms with E-state index < -0.39 is 78.0 Å². The molecule has 0 unspecified atom stereocenters. The summed E-state index contributed by atoms with van der Waals surface area (Å²) in [5.74, 6) is -0.690. The maximum absolute atomic E-state index is 12.0. The van der Waals surface area contributed by atoms with E-state index in [1.807, 2.05) is 6.92 Å². The lowest BCUT2D eigenvalue weighted by Crippen LogP contribution is -2.74. The van der Waals surface area contributed by atoms with Gasteiger partial charge in [-0.1, -0.05) is 33.8 Å². The van der Waals surface area contributed by atoms with E-state index >= 15 is 0 Å². The molecule has 0 aromatic carbocycles. The first-order valence-corrected chi connectivity index (χ1v) is 12.9. The molecule has 1 heterocycles. The van der Waals surface area contributed by atoms with Crippen LogP contribution in [0.4, 0.5) is 0 Å². The van der Waals surface area contributed by atoms with Gasteiger partial charge in [0.2, 0.25) is 0 Å². The van der Waals surface area contributed by atoms with E-state index in [1.54, 1.807) is 13.0 Å². The van der Waals surface area contributed by atoms with Crippen molar-refractivity contribution in [1.29, 1.82) is 0 Å². The number of ether oxygens (including phenoxy) is 2. The van der Waals surface area contributed by atoms with Gasteiger partial charge in [0.05, 0.1) is 30.5 Å². The standard InChI is InChI=1S/C26H44O9/c1-6-24(4)11-13(28)20-25(5)15(7-10-26(20,33)22(24)32)23(2,3)9-8-16(25)35-21-19(31)18(30)17(29)14(12-27)34-21/h6,13-22,27-33H,1,7-12H2,2-5H3/t13-,14-,15-,16-,17-,18+,19-,20+,21+,22-,24-,25+,26+/m1/s1. The lowest BCUT2D eigenvalue weighted by molar-refractivity contribution is -0.351. The Morgan fingerprint density at radius 2 is 1.63 bits per heavy atom. The molecule has 0 radical (unpaired) electrons. The van der Waals surface area contributed by atoms with Crippen LogP contribution in [0.1, 0.15) is 59.8 Å². The normalized spacial score (nSPS) is 56.1. The Kier molecular flexibility index (Phi) is 7.05. The molecule has 13 atom stereocenters. The quantitative estimate of drug-likeness (QED) is 0.265. The molecule has 202 valence electrons. The molecule has 9 nitrogen and oxygen atoms in total. The van der Waals surface area contributed by atoms with Crippen LogP contribution < -0.4 is 0 Å². The van der Waals surface area contributed by atoms with Gasteiger partial charge in [0.25, 0.3) is 0 Å². The van der Waals surface area contributed by atoms with Gasteiger partial charge >= 0.3 is 0 Å². The van der Waals surface area contributed by atoms with Crippen LogP contribution in [-0.2, 0) is 9.47 Å². The van der Waals surface area contributed by atoms with Crippen LogP contribution in [0.2, 0.25) is 0 Å². The molecule has 0 spiro atoms. The van der Waals surface area contributed by atoms with Crippen LogP contribution in [0, 0.1) is 28.1 Å². The van der Waals surface area contributed by atoms with Crippen molar-refractivity contribution in [3.8, 4) is 0 Å². The summed E-state index contributed by atoms with van der Waals surface area (Å²) in [6.07, 6.45) is -5.53. The minimum Gasteiger partial charge on any atom is -0.394 e. The third-order valence-electron chi connectivity index (χ3n) is 10.2. The zero-order valence-corrected chi connectivity index (χ0v) is 21.2. The predicted molar refractivity (Wildman–Crippen MR) is 126 cm³/mol. The highest BCUT2D eigenvalue weighted by Gasteiger charge is 2.70. The summed E-state index contributed by atoms with van der Waals surface area (Å²) < 4.78 is 12.0. The van der Waals surface area contributed by atoms with E-state index in [-0.39, 0.29) is 17.8 Å². The topological polar surface area (TPSA) is 160 Å². The molecule has 35 heavy (non-hydrogen) atoms. The SMILES string of the molecule is C=C[C@]1(C)C[C@@H](O)[C@@H]2[C@@](O)(CC[C@@H]3C(C)(C)CC[C@@H](O[C@@H]4O[C@H](CO)[C@@H](O)[C@H](O)[C@H]4O)[C@]32C)[C@@H]1O. The summed E-state index contributed by atoms with van der Waals surface area (Å²) in [4.78, 5) is 0. The average molecular weight is 501 g/mol. The van der Waals surface area contributed by atoms with Gasteiger partial charge in [-0.2, -0.15) is 0 Å². The summed E-state index contributed by atoms with van der Waals surface area (Å²) >= 11 is 0. The summed E-state index contributed by atoms with van der Waals surface area (Å²) in [6, 6.07) is 0. The van der Waals surface area contributed by atoms with Gasteiger partial charge in [-0.15, -0.1) is 6.58 Å². The Morgan fingerprint density at radius 3 is 2.23 bits per heavy atom. The molecule has 4 rings (SSSR count). The Balaban J connectivity index is 1.73. The van der Waals surface area contributed by atoms with Crippen LogP contribution >= 0.6 is 0 Å². The molecule has 0 amide bonds. The Labute approximate surface area is 207 Å². The molecule has 9 heteroatoms. The van der Waals surface area contributed by atoms with Gasteiger partial charge in [-0.25, -0.2) is 0 Å². The van der Waals surface area contributed by atoms with E-state index in [0.29, 0.717) is 19.3 Å². The van der Waals surface area contributed by atoms with Crippen molar-refractivity contribution in [3.05, 3.63) is 12.7 Å². The van der Waals surface area contributed by atoms with E-state index in [1.165, 1.54) is 0 Å². The highest BCUT2D eigenvalue weighted by Crippen LogP contribution is 2.67.